The summed E-state index contributed by atoms with van der Waals surface area (Å²) in [6.07, 6.45) is 4.87. The van der Waals surface area contributed by atoms with Gasteiger partial charge in [0.1, 0.15) is 0 Å². The lowest BCUT2D eigenvalue weighted by Gasteiger charge is -2.20. The number of carbonyl (C=O) groups excluding carboxylic acids is 2. The number of amides is 2. The van der Waals surface area contributed by atoms with Crippen molar-refractivity contribution in [1.82, 2.24) is 10.2 Å². The first-order valence-electron chi connectivity index (χ1n) is 7.75. The van der Waals surface area contributed by atoms with E-state index in [2.05, 4.69) is 5.32 Å². The van der Waals surface area contributed by atoms with E-state index in [0.717, 1.165) is 37.1 Å². The van der Waals surface area contributed by atoms with E-state index >= 15 is 0 Å². The van der Waals surface area contributed by atoms with Crippen molar-refractivity contribution in [3.8, 4) is 0 Å². The largest absolute Gasteiger partial charge is 0.347 e. The molecule has 0 atom stereocenters. The minimum atomic E-state index is -0.0937. The van der Waals surface area contributed by atoms with Crippen LogP contribution in [-0.4, -0.2) is 36.3 Å². The van der Waals surface area contributed by atoms with Gasteiger partial charge in [0.25, 0.3) is 0 Å². The maximum absolute atomic E-state index is 12.1. The second-order valence-corrected chi connectivity index (χ2v) is 5.74. The molecule has 1 N–H and O–H groups in total. The molecular weight excluding hydrogens is 264 g/mol. The average Bonchev–Trinajstić information content (AvgIpc) is 2.74. The van der Waals surface area contributed by atoms with E-state index in [0.29, 0.717) is 6.42 Å². The molecule has 4 heteroatoms. The molecule has 1 aromatic rings. The molecule has 0 radical (unpaired) electrons. The Hall–Kier alpha value is -1.84. The highest BCUT2D eigenvalue weighted by molar-refractivity contribution is 5.85. The van der Waals surface area contributed by atoms with Crippen LogP contribution in [0.5, 0.6) is 0 Å². The first kappa shape index (κ1) is 15.5. The Morgan fingerprint density at radius 1 is 1.14 bits per heavy atom. The van der Waals surface area contributed by atoms with Crippen molar-refractivity contribution >= 4 is 11.8 Å². The molecule has 0 aromatic heterocycles. The van der Waals surface area contributed by atoms with E-state index in [4.69, 9.17) is 0 Å². The van der Waals surface area contributed by atoms with Crippen LogP contribution < -0.4 is 5.32 Å². The summed E-state index contributed by atoms with van der Waals surface area (Å²) in [4.78, 5) is 25.8. The molecular formula is C17H24N2O2. The quantitative estimate of drug-likeness (QED) is 0.922. The monoisotopic (exact) mass is 288 g/mol. The highest BCUT2D eigenvalue weighted by Crippen LogP contribution is 2.09. The SMILES string of the molecule is Cc1cccc(CC(=O)NCC(=O)N2CCCCCC2)c1. The van der Waals surface area contributed by atoms with Crippen LogP contribution in [0.15, 0.2) is 24.3 Å². The lowest BCUT2D eigenvalue weighted by molar-refractivity contribution is -0.132. The predicted molar refractivity (Wildman–Crippen MR) is 82.9 cm³/mol. The van der Waals surface area contributed by atoms with Gasteiger partial charge in [-0.25, -0.2) is 0 Å². The summed E-state index contributed by atoms with van der Waals surface area (Å²) < 4.78 is 0. The Kier molecular flexibility index (Phi) is 5.78. The molecule has 1 aliphatic rings. The van der Waals surface area contributed by atoms with Crippen LogP contribution in [0.25, 0.3) is 0 Å². The van der Waals surface area contributed by atoms with Crippen LogP contribution in [0.1, 0.15) is 36.8 Å². The van der Waals surface area contributed by atoms with Gasteiger partial charge in [0.05, 0.1) is 13.0 Å². The summed E-state index contributed by atoms with van der Waals surface area (Å²) in [5, 5.41) is 2.74. The molecule has 2 amide bonds. The number of carbonyl (C=O) groups is 2. The molecule has 1 aliphatic heterocycles. The van der Waals surface area contributed by atoms with E-state index in [1.54, 1.807) is 0 Å². The van der Waals surface area contributed by atoms with Crippen molar-refractivity contribution in [2.45, 2.75) is 39.0 Å². The Labute approximate surface area is 126 Å². The van der Waals surface area contributed by atoms with Crippen molar-refractivity contribution in [2.75, 3.05) is 19.6 Å². The third-order valence-electron chi connectivity index (χ3n) is 3.84. The number of likely N-dealkylation sites (tertiary alicyclic amines) is 1. The van der Waals surface area contributed by atoms with E-state index < -0.39 is 0 Å². The first-order chi connectivity index (χ1) is 10.1. The zero-order chi connectivity index (χ0) is 15.1. The summed E-state index contributed by atoms with van der Waals surface area (Å²) in [6, 6.07) is 7.88. The summed E-state index contributed by atoms with van der Waals surface area (Å²) in [5.41, 5.74) is 2.12. The van der Waals surface area contributed by atoms with Crippen molar-refractivity contribution in [3.05, 3.63) is 35.4 Å². The number of aryl methyl sites for hydroxylation is 1. The minimum absolute atomic E-state index is 0.0366. The van der Waals surface area contributed by atoms with E-state index in [9.17, 15) is 9.59 Å². The number of benzene rings is 1. The summed E-state index contributed by atoms with van der Waals surface area (Å²) in [7, 11) is 0. The molecule has 4 nitrogen and oxygen atoms in total. The maximum Gasteiger partial charge on any atom is 0.241 e. The standard InChI is InChI=1S/C17H24N2O2/c1-14-7-6-8-15(11-14)12-16(20)18-13-17(21)19-9-4-2-3-5-10-19/h6-8,11H,2-5,9-10,12-13H2,1H3,(H,18,20). The van der Waals surface area contributed by atoms with E-state index in [1.165, 1.54) is 12.8 Å². The molecule has 0 saturated carbocycles. The third kappa shape index (κ3) is 5.21. The second kappa shape index (κ2) is 7.81. The van der Waals surface area contributed by atoms with Crippen LogP contribution in [0.3, 0.4) is 0 Å². The van der Waals surface area contributed by atoms with Gasteiger partial charge in [-0.15, -0.1) is 0 Å². The molecule has 114 valence electrons. The van der Waals surface area contributed by atoms with E-state index in [1.807, 2.05) is 36.1 Å². The molecule has 21 heavy (non-hydrogen) atoms. The molecule has 0 unspecified atom stereocenters. The van der Waals surface area contributed by atoms with Gasteiger partial charge in [-0.05, 0) is 25.3 Å². The van der Waals surface area contributed by atoms with Crippen LogP contribution in [0, 0.1) is 6.92 Å². The minimum Gasteiger partial charge on any atom is -0.347 e. The molecule has 2 rings (SSSR count). The van der Waals surface area contributed by atoms with Gasteiger partial charge in [0.15, 0.2) is 0 Å². The molecule has 0 aliphatic carbocycles. The molecule has 0 bridgehead atoms. The summed E-state index contributed by atoms with van der Waals surface area (Å²) >= 11 is 0. The van der Waals surface area contributed by atoms with Crippen molar-refractivity contribution in [3.63, 3.8) is 0 Å². The summed E-state index contributed by atoms with van der Waals surface area (Å²) in [6.45, 7) is 3.77. The number of nitrogens with one attached hydrogen (secondary N) is 1. The number of hydrogen-bond donors (Lipinski definition) is 1. The van der Waals surface area contributed by atoms with Crippen LogP contribution in [0.4, 0.5) is 0 Å². The Morgan fingerprint density at radius 2 is 1.86 bits per heavy atom. The Morgan fingerprint density at radius 3 is 2.52 bits per heavy atom. The smallest absolute Gasteiger partial charge is 0.241 e. The zero-order valence-electron chi connectivity index (χ0n) is 12.7. The highest BCUT2D eigenvalue weighted by Gasteiger charge is 2.16. The van der Waals surface area contributed by atoms with Gasteiger partial charge in [-0.1, -0.05) is 42.7 Å². The molecule has 1 aromatic carbocycles. The van der Waals surface area contributed by atoms with Crippen LogP contribution in [0.2, 0.25) is 0 Å². The fourth-order valence-corrected chi connectivity index (χ4v) is 2.68. The van der Waals surface area contributed by atoms with Gasteiger partial charge < -0.3 is 10.2 Å². The third-order valence-corrected chi connectivity index (χ3v) is 3.84. The van der Waals surface area contributed by atoms with Crippen molar-refractivity contribution in [1.29, 1.82) is 0 Å². The first-order valence-corrected chi connectivity index (χ1v) is 7.75. The van der Waals surface area contributed by atoms with Gasteiger partial charge in [-0.3, -0.25) is 9.59 Å². The van der Waals surface area contributed by atoms with Gasteiger partial charge in [-0.2, -0.15) is 0 Å². The maximum atomic E-state index is 12.1. The number of nitrogens with zero attached hydrogens (tertiary/aromatic N) is 1. The van der Waals surface area contributed by atoms with Crippen LogP contribution in [-0.2, 0) is 16.0 Å². The average molecular weight is 288 g/mol. The van der Waals surface area contributed by atoms with Gasteiger partial charge >= 0.3 is 0 Å². The molecule has 1 heterocycles. The fourth-order valence-electron chi connectivity index (χ4n) is 2.68. The highest BCUT2D eigenvalue weighted by atomic mass is 16.2. The van der Waals surface area contributed by atoms with Gasteiger partial charge in [0, 0.05) is 13.1 Å². The van der Waals surface area contributed by atoms with Crippen molar-refractivity contribution in [2.24, 2.45) is 0 Å². The second-order valence-electron chi connectivity index (χ2n) is 5.74. The van der Waals surface area contributed by atoms with Crippen molar-refractivity contribution < 1.29 is 9.59 Å². The Balaban J connectivity index is 1.76. The molecule has 1 saturated heterocycles. The molecule has 1 fully saturated rings. The predicted octanol–water partition coefficient (Wildman–Crippen LogP) is 2.06. The number of hydrogen-bond acceptors (Lipinski definition) is 2. The van der Waals surface area contributed by atoms with Crippen LogP contribution >= 0.6 is 0 Å². The lowest BCUT2D eigenvalue weighted by Crippen LogP contribution is -2.41. The summed E-state index contributed by atoms with van der Waals surface area (Å²) in [5.74, 6) is -0.0572. The fraction of sp³-hybridized carbons (Fsp3) is 0.529. The topological polar surface area (TPSA) is 49.4 Å². The Bertz CT molecular complexity index is 491. The lowest BCUT2D eigenvalue weighted by atomic mass is 10.1. The normalized spacial score (nSPS) is 15.4. The van der Waals surface area contributed by atoms with Gasteiger partial charge in [0.2, 0.25) is 11.8 Å². The van der Waals surface area contributed by atoms with E-state index in [-0.39, 0.29) is 18.4 Å². The number of rotatable bonds is 4. The zero-order valence-corrected chi connectivity index (χ0v) is 12.7. The molecule has 0 spiro atoms.